The molecule has 2 aromatic rings. The molecule has 5 nitrogen and oxygen atoms in total. The Balaban J connectivity index is 1.87. The lowest BCUT2D eigenvalue weighted by molar-refractivity contribution is -0.141. The van der Waals surface area contributed by atoms with E-state index < -0.39 is 11.9 Å². The summed E-state index contributed by atoms with van der Waals surface area (Å²) in [6.45, 7) is 0.761. The first-order valence-corrected chi connectivity index (χ1v) is 7.98. The van der Waals surface area contributed by atoms with Crippen molar-refractivity contribution in [1.29, 1.82) is 0 Å². The first kappa shape index (κ1) is 16.1. The van der Waals surface area contributed by atoms with Crippen LogP contribution in [0.15, 0.2) is 54.6 Å². The van der Waals surface area contributed by atoms with Gasteiger partial charge in [0.15, 0.2) is 0 Å². The quantitative estimate of drug-likeness (QED) is 0.939. The average Bonchev–Trinajstić information content (AvgIpc) is 3.12. The monoisotopic (exact) mass is 324 g/mol. The number of hydrogen-bond acceptors (Lipinski definition) is 3. The van der Waals surface area contributed by atoms with Gasteiger partial charge in [0.05, 0.1) is 17.2 Å². The number of rotatable bonds is 4. The largest absolute Gasteiger partial charge is 0.481 e. The number of carboxylic acids is 1. The van der Waals surface area contributed by atoms with Crippen LogP contribution in [0, 0.1) is 5.92 Å². The number of amides is 1. The number of benzene rings is 2. The van der Waals surface area contributed by atoms with Crippen LogP contribution in [0.1, 0.15) is 16.8 Å². The van der Waals surface area contributed by atoms with Gasteiger partial charge in [-0.1, -0.05) is 30.3 Å². The molecule has 0 bridgehead atoms. The summed E-state index contributed by atoms with van der Waals surface area (Å²) in [5, 5.41) is 9.13. The van der Waals surface area contributed by atoms with Crippen LogP contribution in [0.5, 0.6) is 0 Å². The fraction of sp³-hybridized carbons (Fsp3) is 0.263. The van der Waals surface area contributed by atoms with E-state index in [0.29, 0.717) is 18.5 Å². The standard InChI is InChI=1S/C19H20N2O3/c1-20(15-7-3-2-4-8-15)17-10-6-5-9-16(17)18(22)21-12-11-14(13-21)19(23)24/h2-10,14H,11-13H2,1H3,(H,23,24)/t14-/m1/s1. The van der Waals surface area contributed by atoms with E-state index in [2.05, 4.69) is 0 Å². The Morgan fingerprint density at radius 2 is 1.75 bits per heavy atom. The fourth-order valence-electron chi connectivity index (χ4n) is 3.05. The molecule has 0 aliphatic carbocycles. The van der Waals surface area contributed by atoms with Crippen molar-refractivity contribution in [2.45, 2.75) is 6.42 Å². The summed E-state index contributed by atoms with van der Waals surface area (Å²) in [6.07, 6.45) is 0.512. The molecule has 3 rings (SSSR count). The number of aliphatic carboxylic acids is 1. The van der Waals surface area contributed by atoms with Crippen LogP contribution in [0.25, 0.3) is 0 Å². The summed E-state index contributed by atoms with van der Waals surface area (Å²) >= 11 is 0. The first-order chi connectivity index (χ1) is 11.6. The summed E-state index contributed by atoms with van der Waals surface area (Å²) in [6, 6.07) is 17.3. The maximum atomic E-state index is 12.9. The van der Waals surface area contributed by atoms with E-state index in [0.717, 1.165) is 11.4 Å². The summed E-state index contributed by atoms with van der Waals surface area (Å²) in [5.41, 5.74) is 2.39. The summed E-state index contributed by atoms with van der Waals surface area (Å²) in [7, 11) is 1.92. The highest BCUT2D eigenvalue weighted by Gasteiger charge is 2.32. The van der Waals surface area contributed by atoms with Gasteiger partial charge in [-0.15, -0.1) is 0 Å². The predicted molar refractivity (Wildman–Crippen MR) is 92.6 cm³/mol. The molecule has 0 saturated carbocycles. The van der Waals surface area contributed by atoms with Crippen molar-refractivity contribution in [2.75, 3.05) is 25.0 Å². The van der Waals surface area contributed by atoms with E-state index >= 15 is 0 Å². The SMILES string of the molecule is CN(c1ccccc1)c1ccccc1C(=O)N1CC[C@@H](C(=O)O)C1. The second kappa shape index (κ2) is 6.74. The van der Waals surface area contributed by atoms with Crippen molar-refractivity contribution in [3.63, 3.8) is 0 Å². The van der Waals surface area contributed by atoms with Gasteiger partial charge >= 0.3 is 5.97 Å². The molecule has 1 heterocycles. The van der Waals surface area contributed by atoms with E-state index in [4.69, 9.17) is 5.11 Å². The zero-order valence-corrected chi connectivity index (χ0v) is 13.6. The number of carbonyl (C=O) groups is 2. The molecular formula is C19H20N2O3. The van der Waals surface area contributed by atoms with Gasteiger partial charge in [-0.2, -0.15) is 0 Å². The van der Waals surface area contributed by atoms with Gasteiger partial charge < -0.3 is 14.9 Å². The molecule has 0 radical (unpaired) electrons. The maximum Gasteiger partial charge on any atom is 0.308 e. The smallest absolute Gasteiger partial charge is 0.308 e. The molecule has 5 heteroatoms. The molecule has 0 aromatic heterocycles. The van der Waals surface area contributed by atoms with Gasteiger partial charge in [0, 0.05) is 25.8 Å². The molecule has 1 aliphatic heterocycles. The number of para-hydroxylation sites is 2. The number of carboxylic acid groups (broad SMARTS) is 1. The van der Waals surface area contributed by atoms with E-state index in [1.807, 2.05) is 60.5 Å². The number of nitrogens with zero attached hydrogens (tertiary/aromatic N) is 2. The van der Waals surface area contributed by atoms with E-state index in [9.17, 15) is 9.59 Å². The Hall–Kier alpha value is -2.82. The van der Waals surface area contributed by atoms with E-state index in [1.165, 1.54) is 0 Å². The zero-order chi connectivity index (χ0) is 17.1. The normalized spacial score (nSPS) is 16.9. The zero-order valence-electron chi connectivity index (χ0n) is 13.6. The van der Waals surface area contributed by atoms with Gasteiger partial charge in [0.25, 0.3) is 5.91 Å². The fourth-order valence-corrected chi connectivity index (χ4v) is 3.05. The van der Waals surface area contributed by atoms with Crippen molar-refractivity contribution in [2.24, 2.45) is 5.92 Å². The van der Waals surface area contributed by atoms with E-state index in [1.54, 1.807) is 11.0 Å². The molecule has 0 spiro atoms. The van der Waals surface area contributed by atoms with Crippen LogP contribution in [0.4, 0.5) is 11.4 Å². The summed E-state index contributed by atoms with van der Waals surface area (Å²) < 4.78 is 0. The van der Waals surface area contributed by atoms with Crippen LogP contribution >= 0.6 is 0 Å². The predicted octanol–water partition coefficient (Wildman–Crippen LogP) is 3.00. The lowest BCUT2D eigenvalue weighted by Gasteiger charge is -2.24. The second-order valence-corrected chi connectivity index (χ2v) is 5.99. The van der Waals surface area contributed by atoms with Crippen molar-refractivity contribution in [1.82, 2.24) is 4.90 Å². The topological polar surface area (TPSA) is 60.9 Å². The van der Waals surface area contributed by atoms with Crippen molar-refractivity contribution >= 4 is 23.3 Å². The van der Waals surface area contributed by atoms with Gasteiger partial charge in [0.2, 0.25) is 0 Å². The molecule has 1 fully saturated rings. The molecule has 0 unspecified atom stereocenters. The van der Waals surface area contributed by atoms with Crippen LogP contribution in [-0.4, -0.2) is 42.0 Å². The number of anilines is 2. The van der Waals surface area contributed by atoms with Gasteiger partial charge in [-0.05, 0) is 30.7 Å². The molecule has 124 valence electrons. The Labute approximate surface area is 141 Å². The molecule has 2 aromatic carbocycles. The van der Waals surface area contributed by atoms with Crippen molar-refractivity contribution in [3.8, 4) is 0 Å². The van der Waals surface area contributed by atoms with Crippen molar-refractivity contribution in [3.05, 3.63) is 60.2 Å². The first-order valence-electron chi connectivity index (χ1n) is 7.98. The second-order valence-electron chi connectivity index (χ2n) is 5.99. The number of carbonyl (C=O) groups excluding carboxylic acids is 1. The highest BCUT2D eigenvalue weighted by Crippen LogP contribution is 2.29. The lowest BCUT2D eigenvalue weighted by atomic mass is 10.1. The Bertz CT molecular complexity index is 745. The third-order valence-electron chi connectivity index (χ3n) is 4.46. The van der Waals surface area contributed by atoms with Gasteiger partial charge in [-0.3, -0.25) is 9.59 Å². The maximum absolute atomic E-state index is 12.9. The lowest BCUT2D eigenvalue weighted by Crippen LogP contribution is -2.31. The molecule has 1 amide bonds. The van der Waals surface area contributed by atoms with Crippen molar-refractivity contribution < 1.29 is 14.7 Å². The third kappa shape index (κ3) is 3.11. The van der Waals surface area contributed by atoms with Crippen LogP contribution in [0.2, 0.25) is 0 Å². The minimum Gasteiger partial charge on any atom is -0.481 e. The molecule has 1 aliphatic rings. The molecule has 1 saturated heterocycles. The number of hydrogen-bond donors (Lipinski definition) is 1. The average molecular weight is 324 g/mol. The van der Waals surface area contributed by atoms with Crippen LogP contribution < -0.4 is 4.90 Å². The summed E-state index contributed by atoms with van der Waals surface area (Å²) in [4.78, 5) is 27.6. The Morgan fingerprint density at radius 3 is 2.42 bits per heavy atom. The molecule has 1 N–H and O–H groups in total. The Morgan fingerprint density at radius 1 is 1.08 bits per heavy atom. The highest BCUT2D eigenvalue weighted by atomic mass is 16.4. The van der Waals surface area contributed by atoms with E-state index in [-0.39, 0.29) is 12.5 Å². The molecular weight excluding hydrogens is 304 g/mol. The Kier molecular flexibility index (Phi) is 4.51. The van der Waals surface area contributed by atoms with Crippen LogP contribution in [-0.2, 0) is 4.79 Å². The van der Waals surface area contributed by atoms with Gasteiger partial charge in [-0.25, -0.2) is 0 Å². The van der Waals surface area contributed by atoms with Crippen LogP contribution in [0.3, 0.4) is 0 Å². The molecule has 1 atom stereocenters. The number of likely N-dealkylation sites (tertiary alicyclic amines) is 1. The minimum absolute atomic E-state index is 0.114. The van der Waals surface area contributed by atoms with Gasteiger partial charge in [0.1, 0.15) is 0 Å². The molecule has 24 heavy (non-hydrogen) atoms. The highest BCUT2D eigenvalue weighted by molar-refractivity contribution is 6.01. The third-order valence-corrected chi connectivity index (χ3v) is 4.46. The summed E-state index contributed by atoms with van der Waals surface area (Å²) in [5.74, 6) is -1.41. The minimum atomic E-state index is -0.833.